The topological polar surface area (TPSA) is 81.9 Å². The van der Waals surface area contributed by atoms with E-state index in [1.165, 1.54) is 43.9 Å². The average molecular weight is 466 g/mol. The Morgan fingerprint density at radius 3 is 2.76 bits per heavy atom. The smallest absolute Gasteiger partial charge is 0.236 e. The van der Waals surface area contributed by atoms with E-state index in [2.05, 4.69) is 40.4 Å². The van der Waals surface area contributed by atoms with Gasteiger partial charge in [-0.25, -0.2) is 4.98 Å². The van der Waals surface area contributed by atoms with Crippen LogP contribution in [0.3, 0.4) is 0 Å². The summed E-state index contributed by atoms with van der Waals surface area (Å²) >= 11 is 1.37. The van der Waals surface area contributed by atoms with Crippen molar-refractivity contribution in [1.82, 2.24) is 19.7 Å². The maximum absolute atomic E-state index is 12.7. The second-order valence-corrected chi connectivity index (χ2v) is 9.31. The molecule has 0 bridgehead atoms. The lowest BCUT2D eigenvalue weighted by molar-refractivity contribution is -0.113. The Morgan fingerprint density at radius 2 is 1.97 bits per heavy atom. The van der Waals surface area contributed by atoms with Crippen molar-refractivity contribution in [2.45, 2.75) is 57.7 Å². The van der Waals surface area contributed by atoms with Gasteiger partial charge < -0.3 is 14.6 Å². The summed E-state index contributed by atoms with van der Waals surface area (Å²) in [4.78, 5) is 17.0. The van der Waals surface area contributed by atoms with Crippen LogP contribution < -0.4 is 10.1 Å². The fourth-order valence-corrected chi connectivity index (χ4v) is 4.97. The number of anilines is 1. The number of ether oxygens (including phenoxy) is 1. The van der Waals surface area contributed by atoms with Crippen LogP contribution in [0.1, 0.15) is 44.6 Å². The summed E-state index contributed by atoms with van der Waals surface area (Å²) in [7, 11) is 0. The van der Waals surface area contributed by atoms with Crippen LogP contribution in [-0.2, 0) is 11.3 Å². The van der Waals surface area contributed by atoms with E-state index in [1.54, 1.807) is 6.20 Å². The van der Waals surface area contributed by atoms with Gasteiger partial charge in [-0.05, 0) is 50.3 Å². The van der Waals surface area contributed by atoms with Crippen LogP contribution in [0.15, 0.2) is 47.8 Å². The number of hydrogen-bond donors (Lipinski definition) is 1. The van der Waals surface area contributed by atoms with Gasteiger partial charge in [-0.2, -0.15) is 0 Å². The van der Waals surface area contributed by atoms with Crippen molar-refractivity contribution in [2.75, 3.05) is 17.7 Å². The van der Waals surface area contributed by atoms with E-state index in [0.29, 0.717) is 24.1 Å². The molecule has 1 aliphatic carbocycles. The van der Waals surface area contributed by atoms with Gasteiger partial charge in [0, 0.05) is 18.3 Å². The van der Waals surface area contributed by atoms with Crippen molar-refractivity contribution >= 4 is 23.5 Å². The molecule has 0 spiro atoms. The molecule has 4 rings (SSSR count). The summed E-state index contributed by atoms with van der Waals surface area (Å²) in [5.74, 6) is 2.56. The fourth-order valence-electron chi connectivity index (χ4n) is 4.16. The lowest BCUT2D eigenvalue weighted by atomic mass is 9.90. The first-order valence-electron chi connectivity index (χ1n) is 11.7. The van der Waals surface area contributed by atoms with E-state index in [1.807, 2.05) is 34.9 Å². The van der Waals surface area contributed by atoms with Crippen LogP contribution in [0.25, 0.3) is 11.4 Å². The predicted molar refractivity (Wildman–Crippen MR) is 132 cm³/mol. The molecule has 0 saturated heterocycles. The van der Waals surface area contributed by atoms with E-state index in [9.17, 15) is 4.79 Å². The highest BCUT2D eigenvalue weighted by Crippen LogP contribution is 2.28. The quantitative estimate of drug-likeness (QED) is 0.429. The summed E-state index contributed by atoms with van der Waals surface area (Å²) in [6.07, 6.45) is 7.95. The number of aryl methyl sites for hydroxylation is 1. The van der Waals surface area contributed by atoms with Gasteiger partial charge in [-0.3, -0.25) is 4.79 Å². The fraction of sp³-hybridized carbons (Fsp3) is 0.440. The molecule has 7 nitrogen and oxygen atoms in total. The first kappa shape index (κ1) is 23.3. The number of carbonyl (C=O) groups excluding carboxylic acids is 1. The number of nitrogens with one attached hydrogen (secondary N) is 1. The summed E-state index contributed by atoms with van der Waals surface area (Å²) in [5, 5.41) is 12.4. The minimum Gasteiger partial charge on any atom is -0.489 e. The first-order chi connectivity index (χ1) is 16.2. The Bertz CT molecular complexity index is 1080. The number of aromatic nitrogens is 4. The standard InChI is InChI=1S/C25H31N5O2S/c1-3-30-24(20-13-8-7-10-18(20)2)28-29-25(30)33-17-22(31)27-23-21(14-9-15-26-23)32-16-19-11-5-4-6-12-19/h7-10,13-15,19H,3-6,11-12,16-17H2,1-2H3,(H,26,27,31). The van der Waals surface area contributed by atoms with Crippen molar-refractivity contribution in [2.24, 2.45) is 5.92 Å². The molecule has 0 radical (unpaired) electrons. The lowest BCUT2D eigenvalue weighted by Gasteiger charge is -2.22. The normalized spacial score (nSPS) is 14.2. The molecule has 3 aromatic rings. The van der Waals surface area contributed by atoms with Gasteiger partial charge in [-0.1, -0.05) is 55.3 Å². The largest absolute Gasteiger partial charge is 0.489 e. The molecule has 0 unspecified atom stereocenters. The number of rotatable bonds is 9. The van der Waals surface area contributed by atoms with Crippen LogP contribution in [-0.4, -0.2) is 38.0 Å². The van der Waals surface area contributed by atoms with E-state index >= 15 is 0 Å². The van der Waals surface area contributed by atoms with Crippen LogP contribution in [0.2, 0.25) is 0 Å². The molecule has 2 aromatic heterocycles. The SMILES string of the molecule is CCn1c(SCC(=O)Nc2ncccc2OCC2CCCCC2)nnc1-c1ccccc1C. The third-order valence-corrected chi connectivity index (χ3v) is 6.95. The number of nitrogens with zero attached hydrogens (tertiary/aromatic N) is 4. The second kappa shape index (κ2) is 11.3. The predicted octanol–water partition coefficient (Wildman–Crippen LogP) is 5.36. The summed E-state index contributed by atoms with van der Waals surface area (Å²) < 4.78 is 8.07. The van der Waals surface area contributed by atoms with Gasteiger partial charge in [0.15, 0.2) is 22.5 Å². The number of carbonyl (C=O) groups is 1. The van der Waals surface area contributed by atoms with Gasteiger partial charge in [0.05, 0.1) is 12.4 Å². The third-order valence-electron chi connectivity index (χ3n) is 5.98. The van der Waals surface area contributed by atoms with E-state index < -0.39 is 0 Å². The molecule has 0 atom stereocenters. The molecule has 2 heterocycles. The third kappa shape index (κ3) is 5.93. The zero-order chi connectivity index (χ0) is 23.0. The first-order valence-corrected chi connectivity index (χ1v) is 12.6. The Hall–Kier alpha value is -2.87. The minimum absolute atomic E-state index is 0.149. The van der Waals surface area contributed by atoms with Crippen LogP contribution in [0.4, 0.5) is 5.82 Å². The molecular formula is C25H31N5O2S. The maximum Gasteiger partial charge on any atom is 0.236 e. The summed E-state index contributed by atoms with van der Waals surface area (Å²) in [6, 6.07) is 11.8. The molecule has 1 fully saturated rings. The number of pyridine rings is 1. The molecule has 8 heteroatoms. The molecule has 1 aromatic carbocycles. The van der Waals surface area contributed by atoms with Crippen LogP contribution in [0.5, 0.6) is 5.75 Å². The molecule has 174 valence electrons. The summed E-state index contributed by atoms with van der Waals surface area (Å²) in [5.41, 5.74) is 2.20. The molecule has 1 saturated carbocycles. The Kier molecular flexibility index (Phi) is 7.99. The molecule has 33 heavy (non-hydrogen) atoms. The van der Waals surface area contributed by atoms with Gasteiger partial charge in [-0.15, -0.1) is 10.2 Å². The number of benzene rings is 1. The number of thioether (sulfide) groups is 1. The van der Waals surface area contributed by atoms with Crippen molar-refractivity contribution in [3.8, 4) is 17.1 Å². The van der Waals surface area contributed by atoms with Crippen molar-refractivity contribution < 1.29 is 9.53 Å². The van der Waals surface area contributed by atoms with Crippen molar-refractivity contribution in [3.05, 3.63) is 48.2 Å². The van der Waals surface area contributed by atoms with E-state index in [-0.39, 0.29) is 11.7 Å². The monoisotopic (exact) mass is 465 g/mol. The highest BCUT2D eigenvalue weighted by atomic mass is 32.2. The number of hydrogen-bond acceptors (Lipinski definition) is 6. The molecule has 0 aliphatic heterocycles. The van der Waals surface area contributed by atoms with Crippen LogP contribution >= 0.6 is 11.8 Å². The highest BCUT2D eigenvalue weighted by Gasteiger charge is 2.18. The molecule has 1 aliphatic rings. The zero-order valence-electron chi connectivity index (χ0n) is 19.3. The summed E-state index contributed by atoms with van der Waals surface area (Å²) in [6.45, 7) is 5.51. The van der Waals surface area contributed by atoms with Crippen molar-refractivity contribution in [1.29, 1.82) is 0 Å². The Labute approximate surface area is 199 Å². The van der Waals surface area contributed by atoms with E-state index in [0.717, 1.165) is 28.7 Å². The van der Waals surface area contributed by atoms with Gasteiger partial charge in [0.1, 0.15) is 0 Å². The maximum atomic E-state index is 12.7. The highest BCUT2D eigenvalue weighted by molar-refractivity contribution is 7.99. The van der Waals surface area contributed by atoms with Crippen molar-refractivity contribution in [3.63, 3.8) is 0 Å². The second-order valence-electron chi connectivity index (χ2n) is 8.37. The Balaban J connectivity index is 1.37. The molecule has 1 N–H and O–H groups in total. The van der Waals surface area contributed by atoms with E-state index in [4.69, 9.17) is 4.74 Å². The molecule has 1 amide bonds. The molecular weight excluding hydrogens is 434 g/mol. The Morgan fingerprint density at radius 1 is 1.15 bits per heavy atom. The lowest BCUT2D eigenvalue weighted by Crippen LogP contribution is -2.18. The number of amides is 1. The van der Waals surface area contributed by atoms with Gasteiger partial charge in [0.2, 0.25) is 5.91 Å². The average Bonchev–Trinajstić information content (AvgIpc) is 3.26. The van der Waals surface area contributed by atoms with Crippen LogP contribution in [0, 0.1) is 12.8 Å². The minimum atomic E-state index is -0.149. The van der Waals surface area contributed by atoms with Gasteiger partial charge in [0.25, 0.3) is 0 Å². The zero-order valence-corrected chi connectivity index (χ0v) is 20.1. The van der Waals surface area contributed by atoms with Gasteiger partial charge >= 0.3 is 0 Å².